The summed E-state index contributed by atoms with van der Waals surface area (Å²) in [5.74, 6) is 0. The molecule has 0 rings (SSSR count). The number of hydrogen-bond donors (Lipinski definition) is 0. The van der Waals surface area contributed by atoms with Gasteiger partial charge in [0.05, 0.1) is 19.6 Å². The number of hydrogen-bond acceptors (Lipinski definition) is 3. The molecule has 0 fully saturated rings. The van der Waals surface area contributed by atoms with Gasteiger partial charge in [0.2, 0.25) is 0 Å². The lowest BCUT2D eigenvalue weighted by atomic mass is 10.3. The highest BCUT2D eigenvalue weighted by Crippen LogP contribution is 2.17. The van der Waals surface area contributed by atoms with E-state index in [1.54, 1.807) is 21.3 Å². The van der Waals surface area contributed by atoms with E-state index in [0.29, 0.717) is 10.7 Å². The Balaban J connectivity index is 0. The third-order valence-electron chi connectivity index (χ3n) is 3.01. The summed E-state index contributed by atoms with van der Waals surface area (Å²) in [6, 6.07) is 0. The largest absolute Gasteiger partial charge is 1.00 e. The van der Waals surface area contributed by atoms with Gasteiger partial charge >= 0.3 is 8.80 Å². The van der Waals surface area contributed by atoms with Crippen molar-refractivity contribution in [3.63, 3.8) is 0 Å². The zero-order chi connectivity index (χ0) is 14.1. The van der Waals surface area contributed by atoms with Gasteiger partial charge in [-0.3, -0.25) is 0 Å². The van der Waals surface area contributed by atoms with Gasteiger partial charge in [-0.15, -0.1) is 0 Å². The third-order valence-corrected chi connectivity index (χ3v) is 5.94. The zero-order valence-corrected chi connectivity index (χ0v) is 15.4. The van der Waals surface area contributed by atoms with Gasteiger partial charge in [0, 0.05) is 21.3 Å². The molecular weight excluding hydrogens is 373 g/mol. The van der Waals surface area contributed by atoms with Gasteiger partial charge in [-0.25, -0.2) is 0 Å². The fourth-order valence-corrected chi connectivity index (χ4v) is 4.19. The van der Waals surface area contributed by atoms with E-state index in [4.69, 9.17) is 13.3 Å². The summed E-state index contributed by atoms with van der Waals surface area (Å²) < 4.78 is 17.2. The molecule has 0 aromatic rings. The van der Waals surface area contributed by atoms with Gasteiger partial charge in [0.25, 0.3) is 0 Å². The third kappa shape index (κ3) is 6.33. The highest BCUT2D eigenvalue weighted by Gasteiger charge is 2.47. The maximum Gasteiger partial charge on any atom is 0.558 e. The first-order valence-electron chi connectivity index (χ1n) is 5.91. The smallest absolute Gasteiger partial charge is 0.558 e. The lowest BCUT2D eigenvalue weighted by Crippen LogP contribution is -3.00. The van der Waals surface area contributed by atoms with E-state index in [1.165, 1.54) is 0 Å². The summed E-state index contributed by atoms with van der Waals surface area (Å²) in [5, 5.41) is 0. The van der Waals surface area contributed by atoms with Crippen molar-refractivity contribution in [2.45, 2.75) is 0 Å². The fourth-order valence-electron chi connectivity index (χ4n) is 2.09. The van der Waals surface area contributed by atoms with Crippen LogP contribution >= 0.6 is 0 Å². The van der Waals surface area contributed by atoms with E-state index < -0.39 is 8.80 Å². The molecule has 0 atom stereocenters. The molecule has 4 nitrogen and oxygen atoms in total. The molecule has 19 heavy (non-hydrogen) atoms. The maximum atomic E-state index is 5.51. The van der Waals surface area contributed by atoms with E-state index in [-0.39, 0.29) is 24.0 Å². The zero-order valence-electron chi connectivity index (χ0n) is 12.2. The molecular formula is C13H26INO3Si. The van der Waals surface area contributed by atoms with Crippen LogP contribution < -0.4 is 24.0 Å². The standard InChI is InChI=1S/C13H26NO3Si.HI/c1-7-10-14(11-8-2,12-9-3)13-18(15-4,16-5)17-6;/h7-9H,1-3,10-13H2,4-6H3;1H/q+1;/p-1. The first-order chi connectivity index (χ1) is 8.57. The van der Waals surface area contributed by atoms with Gasteiger partial charge in [0.1, 0.15) is 6.17 Å². The molecule has 112 valence electrons. The van der Waals surface area contributed by atoms with Crippen LogP contribution in [0.1, 0.15) is 0 Å². The van der Waals surface area contributed by atoms with E-state index in [9.17, 15) is 0 Å². The highest BCUT2D eigenvalue weighted by molar-refractivity contribution is 6.60. The van der Waals surface area contributed by atoms with E-state index in [1.807, 2.05) is 18.2 Å². The van der Waals surface area contributed by atoms with Gasteiger partial charge in [0.15, 0.2) is 0 Å². The topological polar surface area (TPSA) is 27.7 Å². The Hall–Kier alpha value is 0.00688. The molecule has 0 aliphatic carbocycles. The van der Waals surface area contributed by atoms with Crippen molar-refractivity contribution in [2.75, 3.05) is 47.1 Å². The van der Waals surface area contributed by atoms with Crippen LogP contribution in [0, 0.1) is 0 Å². The van der Waals surface area contributed by atoms with Crippen LogP contribution in [0.15, 0.2) is 38.0 Å². The average molecular weight is 399 g/mol. The minimum absolute atomic E-state index is 0. The Bertz CT molecular complexity index is 248. The van der Waals surface area contributed by atoms with Gasteiger partial charge in [-0.2, -0.15) is 0 Å². The molecule has 0 radical (unpaired) electrons. The molecule has 0 spiro atoms. The highest BCUT2D eigenvalue weighted by atomic mass is 127. The van der Waals surface area contributed by atoms with Gasteiger partial charge < -0.3 is 41.7 Å². The van der Waals surface area contributed by atoms with E-state index >= 15 is 0 Å². The summed E-state index contributed by atoms with van der Waals surface area (Å²) in [6.45, 7) is 13.9. The number of quaternary nitrogens is 1. The summed E-state index contributed by atoms with van der Waals surface area (Å²) in [7, 11) is 2.25. The Morgan fingerprint density at radius 2 is 1.16 bits per heavy atom. The Labute approximate surface area is 135 Å². The summed E-state index contributed by atoms with van der Waals surface area (Å²) in [6.07, 6.45) is 6.36. The molecule has 0 aromatic carbocycles. The summed E-state index contributed by atoms with van der Waals surface area (Å²) in [5.41, 5.74) is 0. The SMILES string of the molecule is C=CC[N+](CC=C)(CC=C)C[Si](OC)(OC)OC.[I-]. The molecule has 0 unspecified atom stereocenters. The van der Waals surface area contributed by atoms with Crippen molar-refractivity contribution in [1.29, 1.82) is 0 Å². The van der Waals surface area contributed by atoms with E-state index in [2.05, 4.69) is 19.7 Å². The van der Waals surface area contributed by atoms with Crippen molar-refractivity contribution in [1.82, 2.24) is 0 Å². The number of nitrogens with zero attached hydrogens (tertiary/aromatic N) is 1. The van der Waals surface area contributed by atoms with Crippen molar-refractivity contribution < 1.29 is 41.7 Å². The lowest BCUT2D eigenvalue weighted by molar-refractivity contribution is -0.904. The molecule has 6 heteroatoms. The van der Waals surface area contributed by atoms with Gasteiger partial charge in [-0.1, -0.05) is 19.7 Å². The monoisotopic (exact) mass is 399 g/mol. The summed E-state index contributed by atoms with van der Waals surface area (Å²) >= 11 is 0. The molecule has 0 aromatic heterocycles. The maximum absolute atomic E-state index is 5.51. The normalized spacial score (nSPS) is 11.5. The van der Waals surface area contributed by atoms with Crippen molar-refractivity contribution >= 4 is 8.80 Å². The first-order valence-corrected chi connectivity index (χ1v) is 7.84. The second-order valence-corrected chi connectivity index (χ2v) is 7.12. The van der Waals surface area contributed by atoms with Gasteiger partial charge in [-0.05, 0) is 18.2 Å². The van der Waals surface area contributed by atoms with Crippen LogP contribution in [-0.4, -0.2) is 60.4 Å². The van der Waals surface area contributed by atoms with Crippen LogP contribution in [-0.2, 0) is 13.3 Å². The molecule has 0 aliphatic rings. The average Bonchev–Trinajstić information content (AvgIpc) is 2.37. The molecule has 0 heterocycles. The Morgan fingerprint density at radius 1 is 0.842 bits per heavy atom. The predicted octanol–water partition coefficient (Wildman–Crippen LogP) is -1.22. The second kappa shape index (κ2) is 10.8. The number of halogens is 1. The van der Waals surface area contributed by atoms with Crippen molar-refractivity contribution in [2.24, 2.45) is 0 Å². The second-order valence-electron chi connectivity index (χ2n) is 4.21. The Kier molecular flexibility index (Phi) is 12.1. The Morgan fingerprint density at radius 3 is 1.37 bits per heavy atom. The quantitative estimate of drug-likeness (QED) is 0.189. The van der Waals surface area contributed by atoms with E-state index in [0.717, 1.165) is 19.6 Å². The molecule has 0 saturated heterocycles. The predicted molar refractivity (Wildman–Crippen MR) is 77.1 cm³/mol. The molecule has 0 bridgehead atoms. The molecule has 0 N–H and O–H groups in total. The van der Waals surface area contributed by atoms with Crippen LogP contribution in [0.25, 0.3) is 0 Å². The molecule has 0 aliphatic heterocycles. The van der Waals surface area contributed by atoms with Crippen molar-refractivity contribution in [3.8, 4) is 0 Å². The fraction of sp³-hybridized carbons (Fsp3) is 0.538. The first kappa shape index (κ1) is 21.3. The van der Waals surface area contributed by atoms with Crippen LogP contribution in [0.4, 0.5) is 0 Å². The number of rotatable bonds is 11. The minimum Gasteiger partial charge on any atom is -1.00 e. The minimum atomic E-state index is -2.64. The summed E-state index contributed by atoms with van der Waals surface area (Å²) in [4.78, 5) is 0. The van der Waals surface area contributed by atoms with Crippen LogP contribution in [0.5, 0.6) is 0 Å². The van der Waals surface area contributed by atoms with Crippen LogP contribution in [0.3, 0.4) is 0 Å². The lowest BCUT2D eigenvalue weighted by Gasteiger charge is -2.40. The molecule has 0 amide bonds. The van der Waals surface area contributed by atoms with Crippen molar-refractivity contribution in [3.05, 3.63) is 38.0 Å². The van der Waals surface area contributed by atoms with Crippen LogP contribution in [0.2, 0.25) is 0 Å². The molecule has 0 saturated carbocycles.